The van der Waals surface area contributed by atoms with Crippen LogP contribution in [0.4, 0.5) is 0 Å². The Bertz CT molecular complexity index is 1000. The first kappa shape index (κ1) is 57.0. The fourth-order valence-corrected chi connectivity index (χ4v) is 7.95. The molecule has 9 heteroatoms. The molecule has 0 aliphatic carbocycles. The number of nitrogens with one attached hydrogen (secondary N) is 1. The number of nitrogens with zero attached hydrogens (tertiary/aromatic N) is 1. The third kappa shape index (κ3) is 43.1. The van der Waals surface area contributed by atoms with Crippen molar-refractivity contribution in [2.45, 2.75) is 244 Å². The number of carbonyl (C=O) groups excluding carboxylic acids is 1. The van der Waals surface area contributed by atoms with Crippen LogP contribution in [0.1, 0.15) is 232 Å². The molecule has 344 valence electrons. The van der Waals surface area contributed by atoms with E-state index in [1.54, 1.807) is 6.08 Å². The summed E-state index contributed by atoms with van der Waals surface area (Å²) in [5.41, 5.74) is 0. The third-order valence-corrected chi connectivity index (χ3v) is 12.1. The van der Waals surface area contributed by atoms with E-state index in [2.05, 4.69) is 31.3 Å². The van der Waals surface area contributed by atoms with Gasteiger partial charge in [-0.2, -0.15) is 0 Å². The lowest BCUT2D eigenvalue weighted by molar-refractivity contribution is -0.870. The number of hydrogen-bond acceptors (Lipinski definition) is 5. The lowest BCUT2D eigenvalue weighted by Crippen LogP contribution is -2.45. The maximum Gasteiger partial charge on any atom is 0.472 e. The molecule has 0 aromatic heterocycles. The second-order valence-corrected chi connectivity index (χ2v) is 19.6. The molecule has 3 atom stereocenters. The number of quaternary nitrogens is 1. The first-order valence-corrected chi connectivity index (χ1v) is 26.2. The largest absolute Gasteiger partial charge is 0.472 e. The van der Waals surface area contributed by atoms with E-state index in [4.69, 9.17) is 9.05 Å². The van der Waals surface area contributed by atoms with Crippen molar-refractivity contribution in [3.8, 4) is 0 Å². The molecule has 0 radical (unpaired) electrons. The van der Waals surface area contributed by atoms with E-state index in [1.165, 1.54) is 173 Å². The molecule has 0 aliphatic rings. The molecule has 0 saturated heterocycles. The summed E-state index contributed by atoms with van der Waals surface area (Å²) in [7, 11) is 1.58. The van der Waals surface area contributed by atoms with E-state index in [0.717, 1.165) is 38.5 Å². The number of carbonyl (C=O) groups is 1. The van der Waals surface area contributed by atoms with Crippen molar-refractivity contribution in [3.63, 3.8) is 0 Å². The summed E-state index contributed by atoms with van der Waals surface area (Å²) < 4.78 is 23.6. The molecule has 0 fully saturated rings. The molecule has 0 aromatic carbocycles. The van der Waals surface area contributed by atoms with Crippen molar-refractivity contribution in [3.05, 3.63) is 24.3 Å². The number of aliphatic hydroxyl groups is 1. The number of aliphatic hydroxyl groups excluding tert-OH is 1. The quantitative estimate of drug-likeness (QED) is 0.0244. The van der Waals surface area contributed by atoms with Gasteiger partial charge in [-0.05, 0) is 44.9 Å². The number of hydrogen-bond donors (Lipinski definition) is 3. The highest BCUT2D eigenvalue weighted by Gasteiger charge is 2.27. The van der Waals surface area contributed by atoms with Gasteiger partial charge < -0.3 is 19.8 Å². The number of allylic oxidation sites excluding steroid dienone is 3. The lowest BCUT2D eigenvalue weighted by Gasteiger charge is -2.25. The smallest absolute Gasteiger partial charge is 0.387 e. The SMILES string of the molecule is CCCCCCCC/C=C\CCCCCCCCCCCCCCCC(=O)N[C@@H](COP(=O)(O)OCC[N+](C)(C)C)[C@H](O)/C=C/CCCCCCCCCCCCC. The van der Waals surface area contributed by atoms with E-state index >= 15 is 0 Å². The highest BCUT2D eigenvalue weighted by Crippen LogP contribution is 2.43. The molecular formula is C49H98N2O6P+. The van der Waals surface area contributed by atoms with Gasteiger partial charge >= 0.3 is 7.82 Å². The molecule has 0 spiro atoms. The molecule has 0 aliphatic heterocycles. The molecule has 1 amide bonds. The van der Waals surface area contributed by atoms with E-state index in [9.17, 15) is 19.4 Å². The van der Waals surface area contributed by atoms with Crippen LogP contribution in [0.25, 0.3) is 0 Å². The minimum atomic E-state index is -4.33. The Morgan fingerprint density at radius 2 is 0.931 bits per heavy atom. The van der Waals surface area contributed by atoms with E-state index in [-0.39, 0.29) is 19.1 Å². The van der Waals surface area contributed by atoms with Gasteiger partial charge in [-0.25, -0.2) is 4.57 Å². The van der Waals surface area contributed by atoms with Gasteiger partial charge in [0.15, 0.2) is 0 Å². The molecule has 3 N–H and O–H groups in total. The number of rotatable bonds is 45. The first-order chi connectivity index (χ1) is 28.0. The summed E-state index contributed by atoms with van der Waals surface area (Å²) in [6.07, 6.45) is 49.7. The summed E-state index contributed by atoms with van der Waals surface area (Å²) in [6.45, 7) is 4.82. The van der Waals surface area contributed by atoms with Crippen LogP contribution in [0, 0.1) is 0 Å². The topological polar surface area (TPSA) is 105 Å². The van der Waals surface area contributed by atoms with Crippen LogP contribution in [0.3, 0.4) is 0 Å². The van der Waals surface area contributed by atoms with Gasteiger partial charge in [0.05, 0.1) is 39.9 Å². The monoisotopic (exact) mass is 842 g/mol. The fraction of sp³-hybridized carbons (Fsp3) is 0.898. The summed E-state index contributed by atoms with van der Waals surface area (Å²) >= 11 is 0. The number of phosphoric acid groups is 1. The fourth-order valence-electron chi connectivity index (χ4n) is 7.21. The van der Waals surface area contributed by atoms with Gasteiger partial charge in [-0.15, -0.1) is 0 Å². The molecule has 0 rings (SSSR count). The minimum absolute atomic E-state index is 0.0631. The maximum atomic E-state index is 12.9. The molecular weight excluding hydrogens is 744 g/mol. The number of phosphoric ester groups is 1. The minimum Gasteiger partial charge on any atom is -0.387 e. The van der Waals surface area contributed by atoms with Crippen molar-refractivity contribution in [2.75, 3.05) is 40.9 Å². The third-order valence-electron chi connectivity index (χ3n) is 11.2. The molecule has 0 saturated carbocycles. The Labute approximate surface area is 360 Å². The summed E-state index contributed by atoms with van der Waals surface area (Å²) in [5.74, 6) is -0.176. The lowest BCUT2D eigenvalue weighted by atomic mass is 10.0. The molecule has 1 unspecified atom stereocenters. The molecule has 8 nitrogen and oxygen atoms in total. The van der Waals surface area contributed by atoms with Gasteiger partial charge in [-0.1, -0.05) is 205 Å². The molecule has 0 bridgehead atoms. The van der Waals surface area contributed by atoms with Crippen LogP contribution >= 0.6 is 7.82 Å². The van der Waals surface area contributed by atoms with Gasteiger partial charge in [-0.3, -0.25) is 13.8 Å². The summed E-state index contributed by atoms with van der Waals surface area (Å²) in [4.78, 5) is 23.2. The zero-order chi connectivity index (χ0) is 42.8. The zero-order valence-corrected chi connectivity index (χ0v) is 39.9. The van der Waals surface area contributed by atoms with Crippen molar-refractivity contribution < 1.29 is 32.9 Å². The summed E-state index contributed by atoms with van der Waals surface area (Å²) in [6, 6.07) is -0.842. The highest BCUT2D eigenvalue weighted by atomic mass is 31.2. The van der Waals surface area contributed by atoms with Crippen LogP contribution in [0.2, 0.25) is 0 Å². The Morgan fingerprint density at radius 3 is 1.33 bits per heavy atom. The van der Waals surface area contributed by atoms with Crippen molar-refractivity contribution in [1.82, 2.24) is 5.32 Å². The van der Waals surface area contributed by atoms with Crippen molar-refractivity contribution >= 4 is 13.7 Å². The summed E-state index contributed by atoms with van der Waals surface area (Å²) in [5, 5.41) is 13.8. The van der Waals surface area contributed by atoms with Crippen LogP contribution in [0.15, 0.2) is 24.3 Å². The Balaban J connectivity index is 4.23. The molecule has 58 heavy (non-hydrogen) atoms. The first-order valence-electron chi connectivity index (χ1n) is 24.7. The predicted octanol–water partition coefficient (Wildman–Crippen LogP) is 14.1. The Kier molecular flexibility index (Phi) is 40.6. The second-order valence-electron chi connectivity index (χ2n) is 18.2. The van der Waals surface area contributed by atoms with Gasteiger partial charge in [0.2, 0.25) is 5.91 Å². The highest BCUT2D eigenvalue weighted by molar-refractivity contribution is 7.47. The Hall–Kier alpha value is -1.02. The average molecular weight is 842 g/mol. The second kappa shape index (κ2) is 41.3. The van der Waals surface area contributed by atoms with Gasteiger partial charge in [0.25, 0.3) is 0 Å². The number of amides is 1. The predicted molar refractivity (Wildman–Crippen MR) is 249 cm³/mol. The van der Waals surface area contributed by atoms with Gasteiger partial charge in [0.1, 0.15) is 13.2 Å². The van der Waals surface area contributed by atoms with Crippen LogP contribution in [0.5, 0.6) is 0 Å². The van der Waals surface area contributed by atoms with E-state index in [1.807, 2.05) is 27.2 Å². The maximum absolute atomic E-state index is 12.9. The molecule has 0 heterocycles. The zero-order valence-electron chi connectivity index (χ0n) is 39.0. The van der Waals surface area contributed by atoms with Crippen molar-refractivity contribution in [2.24, 2.45) is 0 Å². The number of unbranched alkanes of at least 4 members (excludes halogenated alkanes) is 30. The Morgan fingerprint density at radius 1 is 0.569 bits per heavy atom. The molecule has 0 aromatic rings. The van der Waals surface area contributed by atoms with Gasteiger partial charge in [0, 0.05) is 6.42 Å². The normalized spacial score (nSPS) is 14.4. The average Bonchev–Trinajstić information content (AvgIpc) is 3.17. The standard InChI is InChI=1S/C49H97N2O6P/c1-6-8-10-12-14-16-18-20-21-22-23-24-25-26-27-28-29-31-33-35-37-39-41-43-49(53)50-47(46-57-58(54,55)56-45-44-51(3,4)5)48(52)42-40-38-36-34-32-30-19-17-15-13-11-9-7-2/h20-21,40,42,47-48,52H,6-19,22-39,41,43-46H2,1-5H3,(H-,50,53,54,55)/p+1/b21-20-,42-40+/t47-,48+/m0/s1. The van der Waals surface area contributed by atoms with E-state index < -0.39 is 20.0 Å². The van der Waals surface area contributed by atoms with Crippen LogP contribution in [-0.4, -0.2) is 73.4 Å². The van der Waals surface area contributed by atoms with Crippen molar-refractivity contribution in [1.29, 1.82) is 0 Å². The number of likely N-dealkylation sites (N-methyl/N-ethyl adjacent to an activating group) is 1. The van der Waals surface area contributed by atoms with Crippen LogP contribution in [-0.2, 0) is 18.4 Å². The van der Waals surface area contributed by atoms with Crippen LogP contribution < -0.4 is 5.32 Å². The van der Waals surface area contributed by atoms with E-state index in [0.29, 0.717) is 17.4 Å².